The number of hydrogen-bond acceptors (Lipinski definition) is 6. The molecule has 2 aromatic heterocycles. The molecule has 6 heteroatoms. The lowest BCUT2D eigenvalue weighted by atomic mass is 9.93. The van der Waals surface area contributed by atoms with Crippen molar-refractivity contribution in [1.82, 2.24) is 10.1 Å². The van der Waals surface area contributed by atoms with Crippen molar-refractivity contribution in [3.05, 3.63) is 95.4 Å². The van der Waals surface area contributed by atoms with Crippen LogP contribution in [-0.4, -0.2) is 27.8 Å². The summed E-state index contributed by atoms with van der Waals surface area (Å²) in [5.74, 6) is 0.491. The van der Waals surface area contributed by atoms with Crippen LogP contribution in [0, 0.1) is 6.92 Å². The molecule has 5 rings (SSSR count). The van der Waals surface area contributed by atoms with Gasteiger partial charge in [0, 0.05) is 18.0 Å². The van der Waals surface area contributed by atoms with Gasteiger partial charge in [0.25, 0.3) is 0 Å². The third-order valence-electron chi connectivity index (χ3n) is 7.27. The number of ether oxygens (including phenoxy) is 1. The Labute approximate surface area is 217 Å². The largest absolute Gasteiger partial charge is 0.465 e. The molecule has 1 unspecified atom stereocenters. The Balaban J connectivity index is 1.28. The summed E-state index contributed by atoms with van der Waals surface area (Å²) in [5, 5.41) is 15.1. The zero-order valence-electron chi connectivity index (χ0n) is 21.3. The lowest BCUT2D eigenvalue weighted by molar-refractivity contribution is -0.146. The van der Waals surface area contributed by atoms with Crippen molar-refractivity contribution in [1.29, 1.82) is 0 Å². The molecule has 6 nitrogen and oxygen atoms in total. The summed E-state index contributed by atoms with van der Waals surface area (Å²) >= 11 is 0. The van der Waals surface area contributed by atoms with Gasteiger partial charge in [0.15, 0.2) is 5.76 Å². The number of aromatic nitrogens is 2. The summed E-state index contributed by atoms with van der Waals surface area (Å²) in [4.78, 5) is 16.5. The number of carbonyl (C=O) groups is 1. The SMILES string of the molecule is CCOC(=O)C1(c2ccc(-c3ccc(-c4onc(C)c4C(O)CCCc4ccncc4)cc3)cc2)CC1. The van der Waals surface area contributed by atoms with E-state index in [-0.39, 0.29) is 5.97 Å². The monoisotopic (exact) mass is 496 g/mol. The molecule has 1 aliphatic rings. The predicted octanol–water partition coefficient (Wildman–Crippen LogP) is 6.36. The molecule has 2 aromatic carbocycles. The second kappa shape index (κ2) is 10.7. The first kappa shape index (κ1) is 24.9. The fourth-order valence-corrected chi connectivity index (χ4v) is 4.97. The number of aliphatic hydroxyl groups is 1. The number of carbonyl (C=O) groups excluding carboxylic acids is 1. The number of esters is 1. The molecular formula is C31H32N2O4. The first-order valence-electron chi connectivity index (χ1n) is 12.9. The van der Waals surface area contributed by atoms with Gasteiger partial charge in [-0.3, -0.25) is 9.78 Å². The smallest absolute Gasteiger partial charge is 0.316 e. The van der Waals surface area contributed by atoms with Crippen LogP contribution in [-0.2, 0) is 21.4 Å². The van der Waals surface area contributed by atoms with Gasteiger partial charge in [-0.2, -0.15) is 0 Å². The highest BCUT2D eigenvalue weighted by atomic mass is 16.5. The topological polar surface area (TPSA) is 85.5 Å². The van der Waals surface area contributed by atoms with Crippen molar-refractivity contribution >= 4 is 5.97 Å². The molecule has 0 aliphatic heterocycles. The van der Waals surface area contributed by atoms with Crippen molar-refractivity contribution in [3.8, 4) is 22.5 Å². The van der Waals surface area contributed by atoms with Crippen LogP contribution in [0.15, 0.2) is 77.6 Å². The highest BCUT2D eigenvalue weighted by Crippen LogP contribution is 2.49. The molecule has 0 saturated heterocycles. The molecule has 1 saturated carbocycles. The Bertz CT molecular complexity index is 1340. The number of benzene rings is 2. The van der Waals surface area contributed by atoms with Gasteiger partial charge in [0.2, 0.25) is 0 Å². The predicted molar refractivity (Wildman–Crippen MR) is 142 cm³/mol. The van der Waals surface area contributed by atoms with E-state index < -0.39 is 11.5 Å². The Kier molecular flexibility index (Phi) is 7.19. The van der Waals surface area contributed by atoms with E-state index in [9.17, 15) is 9.90 Å². The Morgan fingerprint density at radius 3 is 2.24 bits per heavy atom. The molecular weight excluding hydrogens is 464 g/mol. The van der Waals surface area contributed by atoms with E-state index in [2.05, 4.69) is 22.3 Å². The molecule has 2 heterocycles. The zero-order chi connectivity index (χ0) is 25.8. The van der Waals surface area contributed by atoms with Crippen LogP contribution in [0.25, 0.3) is 22.5 Å². The molecule has 0 radical (unpaired) electrons. The lowest BCUT2D eigenvalue weighted by Gasteiger charge is -2.15. The van der Waals surface area contributed by atoms with Crippen molar-refractivity contribution < 1.29 is 19.2 Å². The number of aliphatic hydroxyl groups excluding tert-OH is 1. The normalized spacial score (nSPS) is 14.8. The van der Waals surface area contributed by atoms with E-state index in [0.29, 0.717) is 24.5 Å². The van der Waals surface area contributed by atoms with Crippen molar-refractivity contribution in [3.63, 3.8) is 0 Å². The first-order valence-corrected chi connectivity index (χ1v) is 12.9. The van der Waals surface area contributed by atoms with Gasteiger partial charge in [0.1, 0.15) is 0 Å². The molecule has 190 valence electrons. The molecule has 1 N–H and O–H groups in total. The molecule has 0 bridgehead atoms. The van der Waals surface area contributed by atoms with E-state index in [4.69, 9.17) is 9.26 Å². The maximum Gasteiger partial charge on any atom is 0.316 e. The third-order valence-corrected chi connectivity index (χ3v) is 7.27. The van der Waals surface area contributed by atoms with E-state index in [1.165, 1.54) is 5.56 Å². The summed E-state index contributed by atoms with van der Waals surface area (Å²) in [6.45, 7) is 4.11. The number of hydrogen-bond donors (Lipinski definition) is 1. The summed E-state index contributed by atoms with van der Waals surface area (Å²) in [5.41, 5.74) is 6.24. The molecule has 0 spiro atoms. The van der Waals surface area contributed by atoms with Crippen LogP contribution in [0.4, 0.5) is 0 Å². The Morgan fingerprint density at radius 2 is 1.62 bits per heavy atom. The molecule has 1 fully saturated rings. The quantitative estimate of drug-likeness (QED) is 0.257. The fraction of sp³-hybridized carbons (Fsp3) is 0.323. The highest BCUT2D eigenvalue weighted by molar-refractivity contribution is 5.87. The van der Waals surface area contributed by atoms with Crippen LogP contribution in [0.5, 0.6) is 0 Å². The molecule has 37 heavy (non-hydrogen) atoms. The average Bonchev–Trinajstić information content (AvgIpc) is 3.66. The van der Waals surface area contributed by atoms with Crippen molar-refractivity contribution in [2.45, 2.75) is 57.5 Å². The number of pyridine rings is 1. The van der Waals surface area contributed by atoms with Crippen LogP contribution < -0.4 is 0 Å². The number of nitrogens with zero attached hydrogens (tertiary/aromatic N) is 2. The van der Waals surface area contributed by atoms with Crippen LogP contribution in [0.2, 0.25) is 0 Å². The summed E-state index contributed by atoms with van der Waals surface area (Å²) in [7, 11) is 0. The molecule has 1 aliphatic carbocycles. The number of aryl methyl sites for hydroxylation is 2. The molecule has 1 atom stereocenters. The highest BCUT2D eigenvalue weighted by Gasteiger charge is 2.52. The van der Waals surface area contributed by atoms with Gasteiger partial charge in [-0.15, -0.1) is 0 Å². The summed E-state index contributed by atoms with van der Waals surface area (Å²) in [6, 6.07) is 20.3. The van der Waals surface area contributed by atoms with Gasteiger partial charge in [-0.25, -0.2) is 0 Å². The van der Waals surface area contributed by atoms with Gasteiger partial charge < -0.3 is 14.4 Å². The van der Waals surface area contributed by atoms with E-state index in [1.807, 2.05) is 62.4 Å². The van der Waals surface area contributed by atoms with E-state index in [1.54, 1.807) is 12.4 Å². The average molecular weight is 497 g/mol. The zero-order valence-corrected chi connectivity index (χ0v) is 21.3. The first-order chi connectivity index (χ1) is 18.0. The standard InChI is InChI=1S/C31H32N2O4/c1-3-36-30(35)31(17-18-31)26-13-11-24(12-14-26)23-7-9-25(10-8-23)29-28(21(2)33-37-29)27(34)6-4-5-22-15-19-32-20-16-22/h7-16,19-20,27,34H,3-6,17-18H2,1-2H3. The van der Waals surface area contributed by atoms with Gasteiger partial charge in [0.05, 0.1) is 29.4 Å². The van der Waals surface area contributed by atoms with Crippen LogP contribution >= 0.6 is 0 Å². The number of rotatable bonds is 10. The maximum atomic E-state index is 12.4. The minimum absolute atomic E-state index is 0.121. The van der Waals surface area contributed by atoms with Gasteiger partial charge >= 0.3 is 5.97 Å². The lowest BCUT2D eigenvalue weighted by Crippen LogP contribution is -2.23. The van der Waals surface area contributed by atoms with Crippen molar-refractivity contribution in [2.24, 2.45) is 0 Å². The minimum atomic E-state index is -0.649. The molecule has 0 amide bonds. The fourth-order valence-electron chi connectivity index (χ4n) is 4.97. The Hall–Kier alpha value is -3.77. The Morgan fingerprint density at radius 1 is 1.00 bits per heavy atom. The van der Waals surface area contributed by atoms with E-state index >= 15 is 0 Å². The molecule has 4 aromatic rings. The van der Waals surface area contributed by atoms with Crippen molar-refractivity contribution in [2.75, 3.05) is 6.61 Å². The third kappa shape index (κ3) is 5.20. The van der Waals surface area contributed by atoms with Crippen LogP contribution in [0.3, 0.4) is 0 Å². The van der Waals surface area contributed by atoms with E-state index in [0.717, 1.165) is 53.5 Å². The second-order valence-electron chi connectivity index (χ2n) is 9.73. The summed E-state index contributed by atoms with van der Waals surface area (Å²) in [6.07, 6.45) is 6.97. The van der Waals surface area contributed by atoms with Crippen LogP contribution in [0.1, 0.15) is 61.1 Å². The summed E-state index contributed by atoms with van der Waals surface area (Å²) < 4.78 is 10.9. The maximum absolute atomic E-state index is 12.4. The van der Waals surface area contributed by atoms with Gasteiger partial charge in [-0.05, 0) is 80.3 Å². The van der Waals surface area contributed by atoms with Gasteiger partial charge in [-0.1, -0.05) is 53.7 Å². The second-order valence-corrected chi connectivity index (χ2v) is 9.73. The minimum Gasteiger partial charge on any atom is -0.465 e.